The Bertz CT molecular complexity index is 643. The van der Waals surface area contributed by atoms with Gasteiger partial charge in [0.05, 0.1) is 11.0 Å². The highest BCUT2D eigenvalue weighted by molar-refractivity contribution is 5.84. The molecule has 1 aromatic carbocycles. The lowest BCUT2D eigenvalue weighted by Gasteiger charge is -2.31. The number of carbonyl (C=O) groups is 1. The molecular formula is C18H26N4O3. The van der Waals surface area contributed by atoms with E-state index in [0.29, 0.717) is 18.3 Å². The van der Waals surface area contributed by atoms with Gasteiger partial charge < -0.3 is 15.5 Å². The van der Waals surface area contributed by atoms with Crippen LogP contribution in [0.5, 0.6) is 0 Å². The number of nitro benzene ring substituents is 1. The zero-order chi connectivity index (χ0) is 17.8. The predicted molar refractivity (Wildman–Crippen MR) is 96.5 cm³/mol. The second kappa shape index (κ2) is 7.82. The van der Waals surface area contributed by atoms with E-state index in [1.165, 1.54) is 19.3 Å². The van der Waals surface area contributed by atoms with Crippen molar-refractivity contribution in [2.45, 2.75) is 57.2 Å². The summed E-state index contributed by atoms with van der Waals surface area (Å²) >= 11 is 0. The fourth-order valence-electron chi connectivity index (χ4n) is 3.94. The molecule has 1 aromatic rings. The molecule has 1 saturated heterocycles. The lowest BCUT2D eigenvalue weighted by atomic mass is 9.94. The summed E-state index contributed by atoms with van der Waals surface area (Å²) in [7, 11) is 1.66. The van der Waals surface area contributed by atoms with E-state index in [0.717, 1.165) is 31.4 Å². The molecule has 2 aliphatic rings. The lowest BCUT2D eigenvalue weighted by molar-refractivity contribution is -0.384. The topological polar surface area (TPSA) is 87.5 Å². The van der Waals surface area contributed by atoms with Crippen molar-refractivity contribution in [3.63, 3.8) is 0 Å². The molecule has 136 valence electrons. The minimum atomic E-state index is -0.388. The quantitative estimate of drug-likeness (QED) is 0.611. The largest absolute Gasteiger partial charge is 0.383 e. The van der Waals surface area contributed by atoms with Crippen LogP contribution in [0.4, 0.5) is 11.4 Å². The van der Waals surface area contributed by atoms with Crippen LogP contribution < -0.4 is 10.6 Å². The Balaban J connectivity index is 1.59. The predicted octanol–water partition coefficient (Wildman–Crippen LogP) is 2.66. The van der Waals surface area contributed by atoms with Gasteiger partial charge in [-0.2, -0.15) is 0 Å². The lowest BCUT2D eigenvalue weighted by Crippen LogP contribution is -2.43. The summed E-state index contributed by atoms with van der Waals surface area (Å²) in [5, 5.41) is 17.3. The van der Waals surface area contributed by atoms with Gasteiger partial charge in [0.1, 0.15) is 5.69 Å². The molecule has 1 atom stereocenters. The molecule has 25 heavy (non-hydrogen) atoms. The third-order valence-corrected chi connectivity index (χ3v) is 5.34. The van der Waals surface area contributed by atoms with Gasteiger partial charge in [-0.1, -0.05) is 25.3 Å². The van der Waals surface area contributed by atoms with E-state index >= 15 is 0 Å². The SMILES string of the molecule is CNc1ccc(CNC2CCN(C3CCCCC3)C2=O)cc1[N+](=O)[O-]. The van der Waals surface area contributed by atoms with Crippen LogP contribution in [0.25, 0.3) is 0 Å². The van der Waals surface area contributed by atoms with Crippen LogP contribution >= 0.6 is 0 Å². The first-order valence-electron chi connectivity index (χ1n) is 9.09. The molecule has 2 N–H and O–H groups in total. The molecule has 0 spiro atoms. The van der Waals surface area contributed by atoms with E-state index in [-0.39, 0.29) is 22.6 Å². The van der Waals surface area contributed by atoms with Crippen LogP contribution in [0, 0.1) is 10.1 Å². The summed E-state index contributed by atoms with van der Waals surface area (Å²) in [5.41, 5.74) is 1.37. The second-order valence-corrected chi connectivity index (χ2v) is 6.90. The van der Waals surface area contributed by atoms with Crippen LogP contribution in [0.3, 0.4) is 0 Å². The summed E-state index contributed by atoms with van der Waals surface area (Å²) in [6, 6.07) is 5.36. The summed E-state index contributed by atoms with van der Waals surface area (Å²) in [6.07, 6.45) is 6.77. The van der Waals surface area contributed by atoms with E-state index in [2.05, 4.69) is 10.6 Å². The Morgan fingerprint density at radius 3 is 2.68 bits per heavy atom. The van der Waals surface area contributed by atoms with Gasteiger partial charge in [0.25, 0.3) is 5.69 Å². The van der Waals surface area contributed by atoms with Gasteiger partial charge in [0, 0.05) is 32.2 Å². The van der Waals surface area contributed by atoms with Crippen molar-refractivity contribution in [1.82, 2.24) is 10.2 Å². The normalized spacial score (nSPS) is 21.6. The third-order valence-electron chi connectivity index (χ3n) is 5.34. The number of rotatable bonds is 6. The van der Waals surface area contributed by atoms with Crippen LogP contribution in [-0.4, -0.2) is 41.4 Å². The van der Waals surface area contributed by atoms with Crippen LogP contribution in [-0.2, 0) is 11.3 Å². The number of nitrogens with zero attached hydrogens (tertiary/aromatic N) is 2. The molecule has 1 unspecified atom stereocenters. The van der Waals surface area contributed by atoms with E-state index in [1.54, 1.807) is 19.2 Å². The van der Waals surface area contributed by atoms with E-state index in [9.17, 15) is 14.9 Å². The fourth-order valence-corrected chi connectivity index (χ4v) is 3.94. The molecule has 1 heterocycles. The van der Waals surface area contributed by atoms with Crippen molar-refractivity contribution in [2.75, 3.05) is 18.9 Å². The molecular weight excluding hydrogens is 320 g/mol. The van der Waals surface area contributed by atoms with Crippen molar-refractivity contribution in [1.29, 1.82) is 0 Å². The molecule has 3 rings (SSSR count). The van der Waals surface area contributed by atoms with Crippen LogP contribution in [0.15, 0.2) is 18.2 Å². The van der Waals surface area contributed by atoms with Gasteiger partial charge in [-0.15, -0.1) is 0 Å². The summed E-state index contributed by atoms with van der Waals surface area (Å²) in [6.45, 7) is 1.28. The van der Waals surface area contributed by atoms with Gasteiger partial charge in [-0.25, -0.2) is 0 Å². The highest BCUT2D eigenvalue weighted by Gasteiger charge is 2.35. The van der Waals surface area contributed by atoms with Crippen LogP contribution in [0.2, 0.25) is 0 Å². The standard InChI is InChI=1S/C18H26N4O3/c1-19-15-8-7-13(11-17(15)22(24)25)12-20-16-9-10-21(18(16)23)14-5-3-2-4-6-14/h7-8,11,14,16,19-20H,2-6,9-10,12H2,1H3. The second-order valence-electron chi connectivity index (χ2n) is 6.90. The van der Waals surface area contributed by atoms with E-state index in [4.69, 9.17) is 0 Å². The number of carbonyl (C=O) groups excluding carboxylic acids is 1. The van der Waals surface area contributed by atoms with Crippen molar-refractivity contribution < 1.29 is 9.72 Å². The molecule has 0 aromatic heterocycles. The van der Waals surface area contributed by atoms with Crippen molar-refractivity contribution in [3.05, 3.63) is 33.9 Å². The minimum Gasteiger partial charge on any atom is -0.383 e. The number of benzene rings is 1. The molecule has 2 fully saturated rings. The molecule has 7 heteroatoms. The molecule has 1 amide bonds. The monoisotopic (exact) mass is 346 g/mol. The maximum Gasteiger partial charge on any atom is 0.292 e. The smallest absolute Gasteiger partial charge is 0.292 e. The number of hydrogen-bond donors (Lipinski definition) is 2. The Labute approximate surface area is 147 Å². The minimum absolute atomic E-state index is 0.0587. The molecule has 7 nitrogen and oxygen atoms in total. The Morgan fingerprint density at radius 1 is 1.24 bits per heavy atom. The average molecular weight is 346 g/mol. The van der Waals surface area contributed by atoms with Crippen LogP contribution in [0.1, 0.15) is 44.1 Å². The summed E-state index contributed by atoms with van der Waals surface area (Å²) < 4.78 is 0. The van der Waals surface area contributed by atoms with Gasteiger partial charge in [0.2, 0.25) is 5.91 Å². The molecule has 1 aliphatic heterocycles. The number of hydrogen-bond acceptors (Lipinski definition) is 5. The van der Waals surface area contributed by atoms with E-state index in [1.807, 2.05) is 11.0 Å². The first-order valence-corrected chi connectivity index (χ1v) is 9.09. The maximum absolute atomic E-state index is 12.6. The number of nitro groups is 1. The van der Waals surface area contributed by atoms with Gasteiger partial charge in [-0.05, 0) is 30.9 Å². The number of anilines is 1. The fraction of sp³-hybridized carbons (Fsp3) is 0.611. The van der Waals surface area contributed by atoms with Crippen molar-refractivity contribution >= 4 is 17.3 Å². The first kappa shape index (κ1) is 17.7. The summed E-state index contributed by atoms with van der Waals surface area (Å²) in [4.78, 5) is 25.5. The van der Waals surface area contributed by atoms with Crippen molar-refractivity contribution in [3.8, 4) is 0 Å². The van der Waals surface area contributed by atoms with Crippen molar-refractivity contribution in [2.24, 2.45) is 0 Å². The Morgan fingerprint density at radius 2 is 2.00 bits per heavy atom. The molecule has 0 radical (unpaired) electrons. The average Bonchev–Trinajstić information content (AvgIpc) is 3.01. The Kier molecular flexibility index (Phi) is 5.53. The van der Waals surface area contributed by atoms with E-state index < -0.39 is 0 Å². The molecule has 0 bridgehead atoms. The maximum atomic E-state index is 12.6. The first-order chi connectivity index (χ1) is 12.1. The number of amides is 1. The number of nitrogens with one attached hydrogen (secondary N) is 2. The highest BCUT2D eigenvalue weighted by Crippen LogP contribution is 2.27. The number of likely N-dealkylation sites (tertiary alicyclic amines) is 1. The van der Waals surface area contributed by atoms with Gasteiger partial charge >= 0.3 is 0 Å². The summed E-state index contributed by atoms with van der Waals surface area (Å²) in [5.74, 6) is 0.188. The highest BCUT2D eigenvalue weighted by atomic mass is 16.6. The van der Waals surface area contributed by atoms with Gasteiger partial charge in [-0.3, -0.25) is 14.9 Å². The zero-order valence-corrected chi connectivity index (χ0v) is 14.7. The van der Waals surface area contributed by atoms with Gasteiger partial charge in [0.15, 0.2) is 0 Å². The molecule has 1 aliphatic carbocycles. The molecule has 1 saturated carbocycles. The Hall–Kier alpha value is -2.15. The third kappa shape index (κ3) is 3.92. The zero-order valence-electron chi connectivity index (χ0n) is 14.7.